The smallest absolute Gasteiger partial charge is 0.255 e. The number of halogens is 1. The summed E-state index contributed by atoms with van der Waals surface area (Å²) in [6, 6.07) is 6.24. The first-order valence-corrected chi connectivity index (χ1v) is 10.6. The van der Waals surface area contributed by atoms with Gasteiger partial charge < -0.3 is 20.3 Å². The van der Waals surface area contributed by atoms with Gasteiger partial charge in [-0.2, -0.15) is 5.10 Å². The summed E-state index contributed by atoms with van der Waals surface area (Å²) < 4.78 is 2.00. The number of aromatic nitrogens is 5. The molecule has 0 saturated carbocycles. The first-order valence-electron chi connectivity index (χ1n) is 10.6. The SMILES string of the molecule is Cc1ccc2c(-c3cnc4[nH]cc(C(=O)NC(C)(C)CO)c4n3)nn(CCN(C)C)c2c1.Cl. The van der Waals surface area contributed by atoms with E-state index < -0.39 is 5.54 Å². The highest BCUT2D eigenvalue weighted by atomic mass is 35.5. The highest BCUT2D eigenvalue weighted by molar-refractivity contribution is 6.05. The molecule has 4 aromatic rings. The van der Waals surface area contributed by atoms with Crippen LogP contribution >= 0.6 is 12.4 Å². The van der Waals surface area contributed by atoms with Crippen molar-refractivity contribution in [3.8, 4) is 11.4 Å². The van der Waals surface area contributed by atoms with Crippen LogP contribution in [0.25, 0.3) is 33.5 Å². The minimum Gasteiger partial charge on any atom is -0.394 e. The molecule has 1 aromatic carbocycles. The summed E-state index contributed by atoms with van der Waals surface area (Å²) >= 11 is 0. The largest absolute Gasteiger partial charge is 0.394 e. The number of fused-ring (bicyclic) bond motifs is 2. The standard InChI is InChI=1S/C23H29N7O2.ClH/c1-14-6-7-15-18(10-14)30(9-8-29(4)5)28-19(15)17-12-25-21-20(26-17)16(11-24-21)22(32)27-23(2,3)13-31;/h6-7,10-12,31H,8-9,13H2,1-5H3,(H,24,25)(H,27,32);1H. The Morgan fingerprint density at radius 3 is 2.76 bits per heavy atom. The van der Waals surface area contributed by atoms with Gasteiger partial charge in [0, 0.05) is 18.1 Å². The van der Waals surface area contributed by atoms with Crippen LogP contribution in [-0.2, 0) is 6.54 Å². The predicted octanol–water partition coefficient (Wildman–Crippen LogP) is 2.77. The van der Waals surface area contributed by atoms with Gasteiger partial charge in [-0.15, -0.1) is 12.4 Å². The van der Waals surface area contributed by atoms with Crippen LogP contribution < -0.4 is 5.32 Å². The highest BCUT2D eigenvalue weighted by Crippen LogP contribution is 2.29. The molecular weight excluding hydrogens is 442 g/mol. The summed E-state index contributed by atoms with van der Waals surface area (Å²) in [5.74, 6) is -0.321. The lowest BCUT2D eigenvalue weighted by Gasteiger charge is -2.23. The maximum absolute atomic E-state index is 12.8. The van der Waals surface area contributed by atoms with Crippen LogP contribution in [0.15, 0.2) is 30.6 Å². The third-order valence-electron chi connectivity index (χ3n) is 5.38. The van der Waals surface area contributed by atoms with Gasteiger partial charge in [0.25, 0.3) is 5.91 Å². The van der Waals surface area contributed by atoms with Gasteiger partial charge in [-0.1, -0.05) is 12.1 Å². The highest BCUT2D eigenvalue weighted by Gasteiger charge is 2.23. The maximum atomic E-state index is 12.8. The monoisotopic (exact) mass is 471 g/mol. The van der Waals surface area contributed by atoms with E-state index in [1.807, 2.05) is 18.8 Å². The van der Waals surface area contributed by atoms with Crippen LogP contribution in [-0.4, -0.2) is 73.4 Å². The van der Waals surface area contributed by atoms with Crippen molar-refractivity contribution in [3.63, 3.8) is 0 Å². The molecular formula is C23H30ClN7O2. The number of benzene rings is 1. The quantitative estimate of drug-likeness (QED) is 0.382. The third kappa shape index (κ3) is 5.00. The van der Waals surface area contributed by atoms with Crippen LogP contribution in [0.5, 0.6) is 0 Å². The zero-order chi connectivity index (χ0) is 23.0. The summed E-state index contributed by atoms with van der Waals surface area (Å²) in [7, 11) is 4.07. The van der Waals surface area contributed by atoms with Crippen LogP contribution in [0.2, 0.25) is 0 Å². The van der Waals surface area contributed by atoms with Crippen molar-refractivity contribution in [1.29, 1.82) is 0 Å². The number of likely N-dealkylation sites (N-methyl/N-ethyl adjacent to an activating group) is 1. The zero-order valence-corrected chi connectivity index (χ0v) is 20.3. The Hall–Kier alpha value is -3.01. The molecule has 0 aliphatic heterocycles. The second-order valence-electron chi connectivity index (χ2n) is 9.05. The number of aliphatic hydroxyl groups is 1. The van der Waals surface area contributed by atoms with Gasteiger partial charge in [-0.3, -0.25) is 9.48 Å². The minimum absolute atomic E-state index is 0. The van der Waals surface area contributed by atoms with E-state index in [1.165, 1.54) is 0 Å². The number of nitrogens with zero attached hydrogens (tertiary/aromatic N) is 5. The molecule has 0 unspecified atom stereocenters. The molecule has 0 radical (unpaired) electrons. The number of carbonyl (C=O) groups is 1. The van der Waals surface area contributed by atoms with Crippen molar-refractivity contribution < 1.29 is 9.90 Å². The second-order valence-corrected chi connectivity index (χ2v) is 9.05. The normalized spacial score (nSPS) is 11.8. The van der Waals surface area contributed by atoms with Crippen molar-refractivity contribution >= 4 is 40.4 Å². The molecule has 176 valence electrons. The topological polar surface area (TPSA) is 112 Å². The predicted molar refractivity (Wildman–Crippen MR) is 132 cm³/mol. The van der Waals surface area contributed by atoms with E-state index in [-0.39, 0.29) is 24.9 Å². The summed E-state index contributed by atoms with van der Waals surface area (Å²) in [6.45, 7) is 7.01. The van der Waals surface area contributed by atoms with Gasteiger partial charge in [0.2, 0.25) is 0 Å². The van der Waals surface area contributed by atoms with E-state index >= 15 is 0 Å². The Labute approximate surface area is 198 Å². The van der Waals surface area contributed by atoms with Gasteiger partial charge in [0.05, 0.1) is 36.0 Å². The van der Waals surface area contributed by atoms with Gasteiger partial charge >= 0.3 is 0 Å². The van der Waals surface area contributed by atoms with Gasteiger partial charge in [-0.25, -0.2) is 9.97 Å². The van der Waals surface area contributed by atoms with E-state index in [0.717, 1.165) is 35.2 Å². The average Bonchev–Trinajstić information content (AvgIpc) is 3.32. The number of nitrogens with one attached hydrogen (secondary N) is 2. The molecule has 0 aliphatic carbocycles. The summed E-state index contributed by atoms with van der Waals surface area (Å²) in [5.41, 5.74) is 4.16. The minimum atomic E-state index is -0.745. The maximum Gasteiger partial charge on any atom is 0.255 e. The lowest BCUT2D eigenvalue weighted by molar-refractivity contribution is 0.0871. The van der Waals surface area contributed by atoms with Crippen LogP contribution in [0, 0.1) is 6.92 Å². The van der Waals surface area contributed by atoms with Crippen molar-refractivity contribution in [2.45, 2.75) is 32.9 Å². The molecule has 0 aliphatic rings. The van der Waals surface area contributed by atoms with Gasteiger partial charge in [0.15, 0.2) is 5.65 Å². The van der Waals surface area contributed by atoms with Crippen LogP contribution in [0.3, 0.4) is 0 Å². The number of hydrogen-bond acceptors (Lipinski definition) is 6. The van der Waals surface area contributed by atoms with E-state index in [4.69, 9.17) is 10.1 Å². The lowest BCUT2D eigenvalue weighted by Crippen LogP contribution is -2.46. The third-order valence-corrected chi connectivity index (χ3v) is 5.38. The molecule has 9 nitrogen and oxygen atoms in total. The Morgan fingerprint density at radius 1 is 1.30 bits per heavy atom. The van der Waals surface area contributed by atoms with Crippen molar-refractivity contribution in [2.24, 2.45) is 0 Å². The van der Waals surface area contributed by atoms with E-state index in [9.17, 15) is 9.90 Å². The molecule has 4 rings (SSSR count). The molecule has 1 amide bonds. The number of hydrogen-bond donors (Lipinski definition) is 3. The molecule has 3 N–H and O–H groups in total. The fourth-order valence-corrected chi connectivity index (χ4v) is 3.53. The zero-order valence-electron chi connectivity index (χ0n) is 19.5. The van der Waals surface area contributed by atoms with Crippen LogP contribution in [0.4, 0.5) is 0 Å². The Bertz CT molecular complexity index is 1290. The van der Waals surface area contributed by atoms with Crippen molar-refractivity contribution in [3.05, 3.63) is 41.7 Å². The second kappa shape index (κ2) is 9.46. The van der Waals surface area contributed by atoms with Crippen LogP contribution in [0.1, 0.15) is 29.8 Å². The Morgan fingerprint density at radius 2 is 2.06 bits per heavy atom. The molecule has 3 heterocycles. The summed E-state index contributed by atoms with van der Waals surface area (Å²) in [4.78, 5) is 27.2. The fraction of sp³-hybridized carbons (Fsp3) is 0.391. The summed E-state index contributed by atoms with van der Waals surface area (Å²) in [5, 5.41) is 18.2. The molecule has 33 heavy (non-hydrogen) atoms. The number of rotatable bonds is 7. The molecule has 3 aromatic heterocycles. The number of H-pyrrole nitrogens is 1. The molecule has 0 spiro atoms. The molecule has 10 heteroatoms. The lowest BCUT2D eigenvalue weighted by atomic mass is 10.1. The van der Waals surface area contributed by atoms with Gasteiger partial charge in [-0.05, 0) is 46.5 Å². The number of amides is 1. The molecule has 0 atom stereocenters. The average molecular weight is 472 g/mol. The first kappa shape index (κ1) is 24.6. The van der Waals surface area contributed by atoms with Crippen molar-refractivity contribution in [1.82, 2.24) is 34.9 Å². The number of aromatic amines is 1. The number of carbonyl (C=O) groups excluding carboxylic acids is 1. The molecule has 0 fully saturated rings. The fourth-order valence-electron chi connectivity index (χ4n) is 3.53. The Kier molecular flexibility index (Phi) is 7.06. The molecule has 0 saturated heterocycles. The number of aryl methyl sites for hydroxylation is 1. The number of aliphatic hydroxyl groups excluding tert-OH is 1. The Balaban J connectivity index is 0.00000306. The van der Waals surface area contributed by atoms with Crippen molar-refractivity contribution in [2.75, 3.05) is 27.2 Å². The van der Waals surface area contributed by atoms with Gasteiger partial charge in [0.1, 0.15) is 16.9 Å². The first-order chi connectivity index (χ1) is 15.2. The van der Waals surface area contributed by atoms with E-state index in [0.29, 0.717) is 22.4 Å². The van der Waals surface area contributed by atoms with E-state index in [1.54, 1.807) is 26.2 Å². The van der Waals surface area contributed by atoms with E-state index in [2.05, 4.69) is 45.3 Å². The molecule has 0 bridgehead atoms. The summed E-state index contributed by atoms with van der Waals surface area (Å²) in [6.07, 6.45) is 3.27.